The molecule has 49 heavy (non-hydrogen) atoms. The number of nitrogens with zero attached hydrogens (tertiary/aromatic N) is 1. The molecule has 2 fully saturated rings. The number of piperidine rings is 1. The summed E-state index contributed by atoms with van der Waals surface area (Å²) >= 11 is 0. The van der Waals surface area contributed by atoms with Crippen molar-refractivity contribution in [1.29, 1.82) is 0 Å². The number of carbonyl (C=O) groups excluding carboxylic acids is 2. The lowest BCUT2D eigenvalue weighted by Crippen LogP contribution is -2.34. The maximum atomic E-state index is 12.7. The van der Waals surface area contributed by atoms with Crippen LogP contribution in [0.25, 0.3) is 0 Å². The van der Waals surface area contributed by atoms with Crippen molar-refractivity contribution in [3.05, 3.63) is 29.3 Å². The van der Waals surface area contributed by atoms with E-state index >= 15 is 0 Å². The van der Waals surface area contributed by atoms with Gasteiger partial charge in [-0.25, -0.2) is 0 Å². The number of esters is 2. The molecule has 280 valence electrons. The highest BCUT2D eigenvalue weighted by molar-refractivity contribution is 5.69. The van der Waals surface area contributed by atoms with Crippen LogP contribution in [0.2, 0.25) is 0 Å². The Morgan fingerprint density at radius 2 is 1.10 bits per heavy atom. The van der Waals surface area contributed by atoms with Crippen LogP contribution in [0.3, 0.4) is 0 Å². The maximum absolute atomic E-state index is 12.7. The Labute approximate surface area is 302 Å². The summed E-state index contributed by atoms with van der Waals surface area (Å²) < 4.78 is 11.6. The lowest BCUT2D eigenvalue weighted by molar-refractivity contribution is -0.144. The summed E-state index contributed by atoms with van der Waals surface area (Å²) in [6.07, 6.45) is 30.1. The average molecular weight is 682 g/mol. The molecular formula is C44H75NO4. The van der Waals surface area contributed by atoms with E-state index in [4.69, 9.17) is 9.47 Å². The second-order valence-electron chi connectivity index (χ2n) is 15.1. The summed E-state index contributed by atoms with van der Waals surface area (Å²) in [5.41, 5.74) is 10.5. The van der Waals surface area contributed by atoms with E-state index in [0.29, 0.717) is 26.1 Å². The minimum atomic E-state index is -0.0613. The highest BCUT2D eigenvalue weighted by Crippen LogP contribution is 2.33. The van der Waals surface area contributed by atoms with Gasteiger partial charge in [-0.1, -0.05) is 122 Å². The first-order valence-corrected chi connectivity index (χ1v) is 21.0. The largest absolute Gasteiger partial charge is 0.466 e. The molecular weight excluding hydrogens is 606 g/mol. The van der Waals surface area contributed by atoms with Gasteiger partial charge in [0.15, 0.2) is 0 Å². The lowest BCUT2D eigenvalue weighted by atomic mass is 9.79. The summed E-state index contributed by atoms with van der Waals surface area (Å²) in [6.45, 7) is 12.9. The Hall–Kier alpha value is -2.02. The van der Waals surface area contributed by atoms with Crippen molar-refractivity contribution in [1.82, 2.24) is 4.90 Å². The van der Waals surface area contributed by atoms with Crippen LogP contribution < -0.4 is 0 Å². The molecule has 2 rings (SSSR count). The molecule has 0 radical (unpaired) electrons. The van der Waals surface area contributed by atoms with Gasteiger partial charge in [0, 0.05) is 19.4 Å². The molecule has 2 saturated heterocycles. The molecule has 0 aliphatic carbocycles. The number of hydrogen-bond donors (Lipinski definition) is 0. The van der Waals surface area contributed by atoms with Gasteiger partial charge in [0.25, 0.3) is 0 Å². The molecule has 0 aromatic carbocycles. The molecule has 0 bridgehead atoms. The third kappa shape index (κ3) is 21.7. The van der Waals surface area contributed by atoms with Crippen LogP contribution in [0, 0.1) is 17.8 Å². The number of ether oxygens (including phenoxy) is 2. The van der Waals surface area contributed by atoms with E-state index in [9.17, 15) is 9.59 Å². The molecule has 0 aromatic rings. The first kappa shape index (κ1) is 43.1. The number of carbonyl (C=O) groups is 2. The van der Waals surface area contributed by atoms with Crippen molar-refractivity contribution < 1.29 is 19.1 Å². The van der Waals surface area contributed by atoms with Gasteiger partial charge in [0.05, 0.1) is 13.2 Å². The molecule has 0 amide bonds. The van der Waals surface area contributed by atoms with E-state index in [1.54, 1.807) is 0 Å². The van der Waals surface area contributed by atoms with E-state index in [-0.39, 0.29) is 23.8 Å². The SMILES string of the molecule is C=C=C=C=C1C(CCCCC)CCOC(=O)CCCCCCCC(CN2CCCCC2)CCCCCCCC(=O)OCCC1CCCCC. The number of allylic oxidation sites excluding steroid dienone is 1. The summed E-state index contributed by atoms with van der Waals surface area (Å²) in [4.78, 5) is 28.2. The van der Waals surface area contributed by atoms with Crippen molar-refractivity contribution in [3.8, 4) is 0 Å². The molecule has 0 saturated carbocycles. The van der Waals surface area contributed by atoms with Gasteiger partial charge in [-0.2, -0.15) is 0 Å². The predicted octanol–water partition coefficient (Wildman–Crippen LogP) is 11.8. The van der Waals surface area contributed by atoms with E-state index in [1.165, 1.54) is 109 Å². The van der Waals surface area contributed by atoms with E-state index < -0.39 is 0 Å². The maximum Gasteiger partial charge on any atom is 0.305 e. The Morgan fingerprint density at radius 3 is 1.59 bits per heavy atom. The zero-order valence-electron chi connectivity index (χ0n) is 32.1. The number of unbranched alkanes of at least 4 members (excludes halogenated alkanes) is 4. The summed E-state index contributed by atoms with van der Waals surface area (Å²) in [6, 6.07) is 0. The fraction of sp³-hybridized carbons (Fsp3) is 0.841. The fourth-order valence-electron chi connectivity index (χ4n) is 7.92. The zero-order valence-corrected chi connectivity index (χ0v) is 32.1. The fourth-order valence-corrected chi connectivity index (χ4v) is 7.92. The Kier molecular flexibility index (Phi) is 26.1. The average Bonchev–Trinajstić information content (AvgIpc) is 3.10. The van der Waals surface area contributed by atoms with Crippen LogP contribution in [-0.4, -0.2) is 49.7 Å². The van der Waals surface area contributed by atoms with Crippen molar-refractivity contribution in [2.75, 3.05) is 32.8 Å². The summed E-state index contributed by atoms with van der Waals surface area (Å²) in [5, 5.41) is 0. The lowest BCUT2D eigenvalue weighted by Gasteiger charge is -2.30. The Balaban J connectivity index is 2.07. The van der Waals surface area contributed by atoms with Crippen molar-refractivity contribution >= 4 is 11.9 Å². The minimum absolute atomic E-state index is 0.0613. The number of likely N-dealkylation sites (tertiary alicyclic amines) is 1. The molecule has 0 aromatic heterocycles. The smallest absolute Gasteiger partial charge is 0.305 e. The van der Waals surface area contributed by atoms with Gasteiger partial charge < -0.3 is 14.4 Å². The number of hydrogen-bond acceptors (Lipinski definition) is 5. The topological polar surface area (TPSA) is 55.8 Å². The third-order valence-corrected chi connectivity index (χ3v) is 10.9. The van der Waals surface area contributed by atoms with Crippen molar-refractivity contribution in [2.24, 2.45) is 17.8 Å². The van der Waals surface area contributed by atoms with Gasteiger partial charge in [-0.15, -0.1) is 0 Å². The number of rotatable bonds is 10. The normalized spacial score (nSPS) is 24.5. The van der Waals surface area contributed by atoms with Crippen molar-refractivity contribution in [2.45, 2.75) is 187 Å². The monoisotopic (exact) mass is 682 g/mol. The van der Waals surface area contributed by atoms with Gasteiger partial charge >= 0.3 is 11.9 Å². The third-order valence-electron chi connectivity index (χ3n) is 10.9. The molecule has 2 aliphatic heterocycles. The highest BCUT2D eigenvalue weighted by atomic mass is 16.5. The van der Waals surface area contributed by atoms with Gasteiger partial charge in [0.1, 0.15) is 0 Å². The second-order valence-corrected chi connectivity index (χ2v) is 15.1. The zero-order chi connectivity index (χ0) is 35.2. The van der Waals surface area contributed by atoms with Gasteiger partial charge in [-0.3, -0.25) is 9.59 Å². The summed E-state index contributed by atoms with van der Waals surface area (Å²) in [5.74, 6) is 1.18. The number of cyclic esters (lactones) is 2. The van der Waals surface area contributed by atoms with Crippen LogP contribution in [0.1, 0.15) is 187 Å². The van der Waals surface area contributed by atoms with Crippen LogP contribution in [0.4, 0.5) is 0 Å². The van der Waals surface area contributed by atoms with Crippen molar-refractivity contribution in [3.63, 3.8) is 0 Å². The van der Waals surface area contributed by atoms with E-state index in [2.05, 4.69) is 42.5 Å². The molecule has 0 spiro atoms. The first-order valence-electron chi connectivity index (χ1n) is 21.0. The molecule has 0 N–H and O–H groups in total. The quantitative estimate of drug-likeness (QED) is 0.130. The van der Waals surface area contributed by atoms with Crippen LogP contribution in [0.15, 0.2) is 29.3 Å². The molecule has 5 heteroatoms. The minimum Gasteiger partial charge on any atom is -0.466 e. The first-order chi connectivity index (χ1) is 24.1. The standard InChI is InChI=1S/C44H75NO4/c1-4-7-17-27-40-32-36-48-43(46)30-21-14-10-12-19-25-39(38-45-34-23-16-24-35-45)26-20-13-11-15-22-31-44(47)49-37-33-41(28-18-8-5-2)42(40)29-9-6-3/h39-41H,3-5,7-8,10-28,30-38H2,1-2H3. The molecule has 2 atom stereocenters. The van der Waals surface area contributed by atoms with E-state index in [1.807, 2.05) is 0 Å². The van der Waals surface area contributed by atoms with Gasteiger partial charge in [-0.05, 0) is 113 Å². The van der Waals surface area contributed by atoms with E-state index in [0.717, 1.165) is 83.0 Å². The second kappa shape index (κ2) is 29.7. The molecule has 5 nitrogen and oxygen atoms in total. The molecule has 2 unspecified atom stereocenters. The molecule has 2 heterocycles. The van der Waals surface area contributed by atoms with Crippen LogP contribution >= 0.6 is 0 Å². The van der Waals surface area contributed by atoms with Crippen LogP contribution in [0.5, 0.6) is 0 Å². The Bertz CT molecular complexity index is 929. The Morgan fingerprint density at radius 1 is 0.633 bits per heavy atom. The molecule has 2 aliphatic rings. The van der Waals surface area contributed by atoms with Gasteiger partial charge in [0.2, 0.25) is 0 Å². The predicted molar refractivity (Wildman–Crippen MR) is 205 cm³/mol. The van der Waals surface area contributed by atoms with Crippen LogP contribution in [-0.2, 0) is 19.1 Å². The summed E-state index contributed by atoms with van der Waals surface area (Å²) in [7, 11) is 0. The highest BCUT2D eigenvalue weighted by Gasteiger charge is 2.24.